The quantitative estimate of drug-likeness (QED) is 0.584. The van der Waals surface area contributed by atoms with Crippen LogP contribution >= 0.6 is 24.8 Å². The molecule has 8 heteroatoms. The van der Waals surface area contributed by atoms with Crippen LogP contribution in [0.2, 0.25) is 0 Å². The van der Waals surface area contributed by atoms with Gasteiger partial charge in [0.25, 0.3) is 0 Å². The molecule has 0 aliphatic heterocycles. The van der Waals surface area contributed by atoms with E-state index in [9.17, 15) is 13.5 Å². The highest BCUT2D eigenvalue weighted by Gasteiger charge is 2.18. The Morgan fingerprint density at radius 3 is 2.28 bits per heavy atom. The van der Waals surface area contributed by atoms with Crippen molar-refractivity contribution in [1.82, 2.24) is 0 Å². The normalized spacial score (nSPS) is 10.9. The first kappa shape index (κ1) is 14.8. The summed E-state index contributed by atoms with van der Waals surface area (Å²) in [5, 5.41) is 20.0. The van der Waals surface area contributed by atoms with Gasteiger partial charge < -0.3 is 10.2 Å². The fourth-order valence-corrected chi connectivity index (χ4v) is 3.16. The van der Waals surface area contributed by atoms with E-state index in [2.05, 4.69) is 0 Å². The van der Waals surface area contributed by atoms with Gasteiger partial charge in [0.15, 0.2) is 15.7 Å². The molecule has 1 aromatic carbocycles. The number of benzene rings is 1. The van der Waals surface area contributed by atoms with Gasteiger partial charge in [-0.05, 0) is 29.1 Å². The van der Waals surface area contributed by atoms with E-state index in [1.54, 1.807) is 0 Å². The van der Waals surface area contributed by atoms with Gasteiger partial charge in [0.1, 0.15) is 0 Å². The average molecular weight is 306 g/mol. The van der Waals surface area contributed by atoms with E-state index >= 15 is 0 Å². The lowest BCUT2D eigenvalue weighted by atomic mass is 10.1. The third kappa shape index (κ3) is 2.78. The molecule has 18 heavy (non-hydrogen) atoms. The average Bonchev–Trinajstić information content (AvgIpc) is 2.70. The molecular weight excluding hydrogens is 296 g/mol. The van der Waals surface area contributed by atoms with Crippen LogP contribution < -0.4 is 0 Å². The SMILES string of the molecule is O=S(=O)(O)c1sccc1-c1ccc(O)c(O)c1.S. The molecule has 2 aromatic rings. The number of rotatable bonds is 2. The zero-order valence-electron chi connectivity index (χ0n) is 8.86. The second kappa shape index (κ2) is 5.19. The second-order valence-corrected chi connectivity index (χ2v) is 5.83. The topological polar surface area (TPSA) is 94.8 Å². The maximum absolute atomic E-state index is 11.1. The van der Waals surface area contributed by atoms with Crippen molar-refractivity contribution in [2.45, 2.75) is 4.21 Å². The summed E-state index contributed by atoms with van der Waals surface area (Å²) in [6.07, 6.45) is 0. The molecule has 2 rings (SSSR count). The van der Waals surface area contributed by atoms with Gasteiger partial charge in [-0.2, -0.15) is 21.9 Å². The van der Waals surface area contributed by atoms with Crippen LogP contribution in [0.25, 0.3) is 11.1 Å². The van der Waals surface area contributed by atoms with Crippen LogP contribution in [0, 0.1) is 0 Å². The maximum atomic E-state index is 11.1. The van der Waals surface area contributed by atoms with Gasteiger partial charge in [-0.25, -0.2) is 0 Å². The molecule has 1 heterocycles. The summed E-state index contributed by atoms with van der Waals surface area (Å²) < 4.78 is 31.0. The molecule has 0 aliphatic rings. The van der Waals surface area contributed by atoms with Gasteiger partial charge in [-0.1, -0.05) is 6.07 Å². The van der Waals surface area contributed by atoms with Crippen molar-refractivity contribution in [1.29, 1.82) is 0 Å². The van der Waals surface area contributed by atoms with Crippen LogP contribution in [0.5, 0.6) is 11.5 Å². The maximum Gasteiger partial charge on any atom is 0.304 e. The van der Waals surface area contributed by atoms with E-state index in [4.69, 9.17) is 9.66 Å². The van der Waals surface area contributed by atoms with Gasteiger partial charge >= 0.3 is 10.1 Å². The summed E-state index contributed by atoms with van der Waals surface area (Å²) in [7, 11) is -4.29. The van der Waals surface area contributed by atoms with Crippen molar-refractivity contribution in [2.75, 3.05) is 0 Å². The highest BCUT2D eigenvalue weighted by Crippen LogP contribution is 2.36. The largest absolute Gasteiger partial charge is 0.504 e. The molecule has 0 radical (unpaired) electrons. The predicted molar refractivity (Wildman–Crippen MR) is 73.3 cm³/mol. The molecule has 3 N–H and O–H groups in total. The first-order valence-corrected chi connectivity index (χ1v) is 6.79. The minimum Gasteiger partial charge on any atom is -0.504 e. The zero-order chi connectivity index (χ0) is 12.6. The Balaban J connectivity index is 0.00000162. The summed E-state index contributed by atoms with van der Waals surface area (Å²) in [4.78, 5) is 0. The fraction of sp³-hybridized carbons (Fsp3) is 0. The van der Waals surface area contributed by atoms with Gasteiger partial charge in [-0.3, -0.25) is 4.55 Å². The number of hydrogen-bond acceptors (Lipinski definition) is 5. The Morgan fingerprint density at radius 2 is 1.72 bits per heavy atom. The lowest BCUT2D eigenvalue weighted by Crippen LogP contribution is -1.96. The van der Waals surface area contributed by atoms with E-state index in [0.29, 0.717) is 5.56 Å². The Hall–Kier alpha value is -1.22. The molecule has 0 saturated carbocycles. The van der Waals surface area contributed by atoms with E-state index < -0.39 is 10.1 Å². The number of aromatic hydroxyl groups is 2. The molecule has 0 fully saturated rings. The molecule has 0 amide bonds. The molecule has 0 bridgehead atoms. The molecule has 1 aromatic heterocycles. The van der Waals surface area contributed by atoms with Crippen molar-refractivity contribution in [2.24, 2.45) is 0 Å². The number of thiophene rings is 1. The van der Waals surface area contributed by atoms with Crippen LogP contribution in [0.3, 0.4) is 0 Å². The van der Waals surface area contributed by atoms with Crippen LogP contribution in [0.4, 0.5) is 0 Å². The van der Waals surface area contributed by atoms with E-state index in [1.165, 1.54) is 29.6 Å². The van der Waals surface area contributed by atoms with Crippen molar-refractivity contribution in [3.63, 3.8) is 0 Å². The molecule has 0 spiro atoms. The Kier molecular flexibility index (Phi) is 4.28. The first-order valence-electron chi connectivity index (χ1n) is 4.47. The molecule has 0 aliphatic carbocycles. The lowest BCUT2D eigenvalue weighted by Gasteiger charge is -2.03. The molecule has 0 saturated heterocycles. The third-order valence-electron chi connectivity index (χ3n) is 2.15. The van der Waals surface area contributed by atoms with Crippen LogP contribution in [0.15, 0.2) is 33.9 Å². The summed E-state index contributed by atoms with van der Waals surface area (Å²) >= 11 is 0.879. The molecule has 5 nitrogen and oxygen atoms in total. The summed E-state index contributed by atoms with van der Waals surface area (Å²) in [5.74, 6) is -0.646. The first-order chi connectivity index (χ1) is 7.89. The Labute approximate surface area is 115 Å². The molecule has 0 unspecified atom stereocenters. The van der Waals surface area contributed by atoms with E-state index in [-0.39, 0.29) is 34.8 Å². The van der Waals surface area contributed by atoms with Crippen molar-refractivity contribution in [3.05, 3.63) is 29.6 Å². The smallest absolute Gasteiger partial charge is 0.304 e. The molecular formula is C10H10O5S3. The van der Waals surface area contributed by atoms with Gasteiger partial charge in [-0.15, -0.1) is 11.3 Å². The highest BCUT2D eigenvalue weighted by atomic mass is 32.3. The van der Waals surface area contributed by atoms with E-state index in [1.807, 2.05) is 0 Å². The summed E-state index contributed by atoms with van der Waals surface area (Å²) in [6.45, 7) is 0. The fourth-order valence-electron chi connectivity index (χ4n) is 1.40. The van der Waals surface area contributed by atoms with Gasteiger partial charge in [0.2, 0.25) is 0 Å². The Morgan fingerprint density at radius 1 is 1.06 bits per heavy atom. The Bertz CT molecular complexity index is 660. The zero-order valence-corrected chi connectivity index (χ0v) is 11.5. The van der Waals surface area contributed by atoms with Crippen LogP contribution in [0.1, 0.15) is 0 Å². The van der Waals surface area contributed by atoms with Crippen LogP contribution in [-0.4, -0.2) is 23.2 Å². The predicted octanol–water partition coefficient (Wildman–Crippen LogP) is 2.19. The van der Waals surface area contributed by atoms with Crippen molar-refractivity contribution < 1.29 is 23.2 Å². The number of hydrogen-bond donors (Lipinski definition) is 3. The number of phenols is 2. The lowest BCUT2D eigenvalue weighted by molar-refractivity contribution is 0.404. The van der Waals surface area contributed by atoms with Crippen molar-refractivity contribution in [3.8, 4) is 22.6 Å². The highest BCUT2D eigenvalue weighted by molar-refractivity contribution is 7.88. The minimum absolute atomic E-state index is 0. The second-order valence-electron chi connectivity index (χ2n) is 3.30. The number of phenolic OH excluding ortho intramolecular Hbond substituents is 2. The third-order valence-corrected chi connectivity index (χ3v) is 4.47. The molecule has 98 valence electrons. The summed E-state index contributed by atoms with van der Waals surface area (Å²) in [6, 6.07) is 5.44. The van der Waals surface area contributed by atoms with Crippen molar-refractivity contribution >= 4 is 35.0 Å². The van der Waals surface area contributed by atoms with Gasteiger partial charge in [0, 0.05) is 5.56 Å². The molecule has 0 atom stereocenters. The summed E-state index contributed by atoms with van der Waals surface area (Å²) in [5.41, 5.74) is 0.682. The standard InChI is InChI=1S/C10H8O5S2.H2S/c11-8-2-1-6(5-9(8)12)7-3-4-16-10(7)17(13,14)15;/h1-5,11-12H,(H,13,14,15);1H2. The van der Waals surface area contributed by atoms with Gasteiger partial charge in [0.05, 0.1) is 0 Å². The van der Waals surface area contributed by atoms with E-state index in [0.717, 1.165) is 11.3 Å². The van der Waals surface area contributed by atoms with Crippen LogP contribution in [-0.2, 0) is 10.1 Å². The monoisotopic (exact) mass is 306 g/mol. The minimum atomic E-state index is -4.29.